The first kappa shape index (κ1) is 24.2. The summed E-state index contributed by atoms with van der Waals surface area (Å²) in [6, 6.07) is 4.61. The second-order valence-electron chi connectivity index (χ2n) is 6.63. The van der Waals surface area contributed by atoms with Gasteiger partial charge in [0.25, 0.3) is 0 Å². The van der Waals surface area contributed by atoms with Crippen LogP contribution in [0.1, 0.15) is 31.9 Å². The van der Waals surface area contributed by atoms with Crippen LogP contribution in [0.25, 0.3) is 0 Å². The van der Waals surface area contributed by atoms with Crippen molar-refractivity contribution in [2.24, 2.45) is 0 Å². The van der Waals surface area contributed by atoms with Gasteiger partial charge in [0, 0.05) is 26.3 Å². The van der Waals surface area contributed by atoms with E-state index in [0.29, 0.717) is 0 Å². The number of esters is 3. The average molecular weight is 441 g/mol. The highest BCUT2D eigenvalue weighted by Crippen LogP contribution is 2.32. The number of carbonyl (C=O) groups excluding carboxylic acids is 3. The van der Waals surface area contributed by atoms with E-state index >= 15 is 0 Å². The molecule has 1 fully saturated rings. The topological polar surface area (TPSA) is 88.1 Å². The molecule has 0 aliphatic carbocycles. The lowest BCUT2D eigenvalue weighted by Crippen LogP contribution is -2.44. The molecule has 1 aliphatic heterocycles. The van der Waals surface area contributed by atoms with Crippen LogP contribution >= 0.6 is 0 Å². The van der Waals surface area contributed by atoms with Crippen molar-refractivity contribution >= 4 is 17.9 Å². The number of alkyl halides is 3. The second-order valence-corrected chi connectivity index (χ2v) is 6.63. The van der Waals surface area contributed by atoms with Crippen LogP contribution in [0, 0.1) is 18.8 Å². The zero-order chi connectivity index (χ0) is 23.3. The second kappa shape index (κ2) is 9.83. The highest BCUT2D eigenvalue weighted by molar-refractivity contribution is 5.68. The van der Waals surface area contributed by atoms with Crippen LogP contribution < -0.4 is 0 Å². The van der Waals surface area contributed by atoms with Gasteiger partial charge < -0.3 is 18.9 Å². The van der Waals surface area contributed by atoms with Gasteiger partial charge in [-0.15, -0.1) is 0 Å². The van der Waals surface area contributed by atoms with Gasteiger partial charge in [0.15, 0.2) is 18.3 Å². The molecule has 7 nitrogen and oxygen atoms in total. The summed E-state index contributed by atoms with van der Waals surface area (Å²) in [5.41, 5.74) is -1.32. The lowest BCUT2D eigenvalue weighted by molar-refractivity contribution is -0.167. The van der Waals surface area contributed by atoms with Crippen LogP contribution in [0.3, 0.4) is 0 Å². The predicted octanol–water partition coefficient (Wildman–Crippen LogP) is 2.45. The molecule has 31 heavy (non-hydrogen) atoms. The average Bonchev–Trinajstić information content (AvgIpc) is 2.92. The number of rotatable bonds is 4. The van der Waals surface area contributed by atoms with E-state index in [2.05, 4.69) is 18.8 Å². The zero-order valence-electron chi connectivity index (χ0n) is 16.9. The highest BCUT2D eigenvalue weighted by Gasteiger charge is 2.51. The molecule has 0 spiro atoms. The van der Waals surface area contributed by atoms with E-state index < -0.39 is 60.2 Å². The van der Waals surface area contributed by atoms with Crippen LogP contribution in [0.2, 0.25) is 0 Å². The summed E-state index contributed by atoms with van der Waals surface area (Å²) in [6.45, 7) is 6.98. The van der Waals surface area contributed by atoms with Crippen molar-refractivity contribution in [3.63, 3.8) is 0 Å². The molecule has 1 saturated heterocycles. The van der Waals surface area contributed by atoms with Crippen molar-refractivity contribution in [3.05, 3.63) is 42.3 Å². The molecule has 0 amide bonds. The molecule has 1 aromatic carbocycles. The molecular formula is C21H20F3O7. The molecule has 2 rings (SSSR count). The predicted molar refractivity (Wildman–Crippen MR) is 99.0 cm³/mol. The minimum atomic E-state index is -4.65. The van der Waals surface area contributed by atoms with Crippen molar-refractivity contribution < 1.29 is 46.5 Å². The van der Waals surface area contributed by atoms with Gasteiger partial charge in [-0.25, -0.2) is 0 Å². The minimum Gasteiger partial charge on any atom is -0.456 e. The van der Waals surface area contributed by atoms with Crippen LogP contribution in [0.5, 0.6) is 0 Å². The summed E-state index contributed by atoms with van der Waals surface area (Å²) >= 11 is 0. The molecule has 0 saturated carbocycles. The first-order chi connectivity index (χ1) is 14.4. The van der Waals surface area contributed by atoms with E-state index in [4.69, 9.17) is 18.9 Å². The van der Waals surface area contributed by atoms with Gasteiger partial charge in [-0.05, 0) is 19.1 Å². The fourth-order valence-electron chi connectivity index (χ4n) is 3.00. The van der Waals surface area contributed by atoms with Crippen LogP contribution in [-0.4, -0.2) is 48.4 Å². The van der Waals surface area contributed by atoms with Crippen molar-refractivity contribution in [3.8, 4) is 11.8 Å². The largest absolute Gasteiger partial charge is 0.456 e. The van der Waals surface area contributed by atoms with Gasteiger partial charge in [0.1, 0.15) is 6.10 Å². The van der Waals surface area contributed by atoms with Gasteiger partial charge in [-0.2, -0.15) is 13.2 Å². The summed E-state index contributed by atoms with van der Waals surface area (Å²) in [5.74, 6) is 2.54. The third-order valence-electron chi connectivity index (χ3n) is 4.12. The van der Waals surface area contributed by atoms with Gasteiger partial charge >= 0.3 is 24.1 Å². The zero-order valence-corrected chi connectivity index (χ0v) is 16.9. The summed E-state index contributed by atoms with van der Waals surface area (Å²) < 4.78 is 60.6. The SMILES string of the molecule is [CH2][C@@H]1O[C@H](C(C#Cc2ccccc2C(F)(F)F)OC(C)=O)[C@@H](OC(C)=O)[C@H]1OC(C)=O. The maximum absolute atomic E-state index is 13.2. The Kier molecular flexibility index (Phi) is 7.68. The van der Waals surface area contributed by atoms with Crippen molar-refractivity contribution in [2.45, 2.75) is 57.5 Å². The first-order valence-corrected chi connectivity index (χ1v) is 9.08. The molecule has 5 atom stereocenters. The van der Waals surface area contributed by atoms with Crippen molar-refractivity contribution in [1.82, 2.24) is 0 Å². The maximum atomic E-state index is 13.2. The Morgan fingerprint density at radius 2 is 1.61 bits per heavy atom. The van der Waals surface area contributed by atoms with E-state index in [1.54, 1.807) is 0 Å². The molecule has 167 valence electrons. The van der Waals surface area contributed by atoms with Crippen LogP contribution in [0.15, 0.2) is 24.3 Å². The molecule has 1 unspecified atom stereocenters. The number of hydrogen-bond donors (Lipinski definition) is 0. The van der Waals surface area contributed by atoms with Crippen LogP contribution in [0.4, 0.5) is 13.2 Å². The van der Waals surface area contributed by atoms with E-state index in [0.717, 1.165) is 32.9 Å². The van der Waals surface area contributed by atoms with E-state index in [9.17, 15) is 27.6 Å². The molecule has 1 aromatic rings. The lowest BCUT2D eigenvalue weighted by atomic mass is 10.0. The smallest absolute Gasteiger partial charge is 0.417 e. The standard InChI is InChI=1S/C21H20F3O7/c1-11-18(30-13(3)26)20(31-14(4)27)19(28-11)17(29-12(2)25)10-9-15-7-5-6-8-16(15)21(22,23)24/h5-8,11,17-20H,1H2,2-4H3/t11-,17?,18-,19+,20-/m0/s1. The number of ether oxygens (including phenoxy) is 4. The molecule has 1 heterocycles. The van der Waals surface area contributed by atoms with Gasteiger partial charge in [0.05, 0.1) is 11.7 Å². The van der Waals surface area contributed by atoms with Gasteiger partial charge in [0.2, 0.25) is 0 Å². The molecule has 0 bridgehead atoms. The Bertz CT molecular complexity index is 900. The number of hydrogen-bond acceptors (Lipinski definition) is 7. The monoisotopic (exact) mass is 441 g/mol. The quantitative estimate of drug-likeness (QED) is 0.403. The summed E-state index contributed by atoms with van der Waals surface area (Å²) in [6.07, 6.45) is -10.7. The molecule has 0 aromatic heterocycles. The lowest BCUT2D eigenvalue weighted by Gasteiger charge is -2.25. The number of halogens is 3. The third kappa shape index (κ3) is 6.46. The van der Waals surface area contributed by atoms with Crippen molar-refractivity contribution in [2.75, 3.05) is 0 Å². The molecule has 1 aliphatic rings. The summed E-state index contributed by atoms with van der Waals surface area (Å²) in [5, 5.41) is 0. The fraction of sp³-hybridized carbons (Fsp3) is 0.429. The summed E-state index contributed by atoms with van der Waals surface area (Å²) in [4.78, 5) is 34.5. The van der Waals surface area contributed by atoms with E-state index in [1.807, 2.05) is 0 Å². The van der Waals surface area contributed by atoms with E-state index in [-0.39, 0.29) is 5.56 Å². The minimum absolute atomic E-state index is 0.350. The van der Waals surface area contributed by atoms with Gasteiger partial charge in [-0.1, -0.05) is 24.0 Å². The Hall–Kier alpha value is -3.06. The highest BCUT2D eigenvalue weighted by atomic mass is 19.4. The Balaban J connectivity index is 2.45. The van der Waals surface area contributed by atoms with E-state index in [1.165, 1.54) is 12.1 Å². The number of carbonyl (C=O) groups is 3. The van der Waals surface area contributed by atoms with Gasteiger partial charge in [-0.3, -0.25) is 14.4 Å². The molecule has 1 radical (unpaired) electrons. The Morgan fingerprint density at radius 1 is 1.03 bits per heavy atom. The van der Waals surface area contributed by atoms with Crippen molar-refractivity contribution in [1.29, 1.82) is 0 Å². The van der Waals surface area contributed by atoms with Crippen LogP contribution in [-0.2, 0) is 39.5 Å². The first-order valence-electron chi connectivity index (χ1n) is 9.08. The fourth-order valence-corrected chi connectivity index (χ4v) is 3.00. The molecule has 0 N–H and O–H groups in total. The maximum Gasteiger partial charge on any atom is 0.417 e. The normalized spacial score (nSPS) is 23.8. The molecule has 10 heteroatoms. The molecular weight excluding hydrogens is 421 g/mol. The Labute approximate surface area is 176 Å². The summed E-state index contributed by atoms with van der Waals surface area (Å²) in [7, 11) is 0. The Morgan fingerprint density at radius 3 is 2.16 bits per heavy atom. The third-order valence-corrected chi connectivity index (χ3v) is 4.12. The number of benzene rings is 1.